The predicted octanol–water partition coefficient (Wildman–Crippen LogP) is 2.31. The smallest absolute Gasteiger partial charge is 0.228 e. The van der Waals surface area contributed by atoms with Gasteiger partial charge < -0.3 is 15.5 Å². The van der Waals surface area contributed by atoms with Gasteiger partial charge in [-0.1, -0.05) is 0 Å². The molecule has 1 unspecified atom stereocenters. The molecule has 24 heavy (non-hydrogen) atoms. The van der Waals surface area contributed by atoms with Gasteiger partial charge in [0, 0.05) is 30.8 Å². The van der Waals surface area contributed by atoms with Gasteiger partial charge in [-0.2, -0.15) is 0 Å². The minimum atomic E-state index is 0.0820. The highest BCUT2D eigenvalue weighted by Crippen LogP contribution is 2.58. The Bertz CT molecular complexity index is 679. The first-order valence-corrected chi connectivity index (χ1v) is 9.02. The summed E-state index contributed by atoms with van der Waals surface area (Å²) in [5.74, 6) is 0.416. The van der Waals surface area contributed by atoms with Crippen LogP contribution in [0.2, 0.25) is 0 Å². The van der Waals surface area contributed by atoms with Crippen LogP contribution in [0.15, 0.2) is 18.2 Å². The lowest BCUT2D eigenvalue weighted by Crippen LogP contribution is -2.33. The molecule has 2 N–H and O–H groups in total. The molecule has 0 aromatic heterocycles. The Kier molecular flexibility index (Phi) is 3.83. The second kappa shape index (κ2) is 5.88. The van der Waals surface area contributed by atoms with Crippen molar-refractivity contribution in [3.63, 3.8) is 0 Å². The molecule has 1 saturated heterocycles. The number of hydrogen-bond donors (Lipinski definition) is 2. The van der Waals surface area contributed by atoms with Crippen LogP contribution in [-0.2, 0) is 16.0 Å². The second-order valence-electron chi connectivity index (χ2n) is 7.48. The second-order valence-corrected chi connectivity index (χ2v) is 7.48. The van der Waals surface area contributed by atoms with E-state index in [0.717, 1.165) is 68.7 Å². The molecular formula is C19H25N3O2. The molecule has 2 aliphatic heterocycles. The van der Waals surface area contributed by atoms with Crippen molar-refractivity contribution in [3.05, 3.63) is 23.8 Å². The number of nitrogens with one attached hydrogen (secondary N) is 2. The Labute approximate surface area is 142 Å². The van der Waals surface area contributed by atoms with Gasteiger partial charge in [0.2, 0.25) is 11.8 Å². The topological polar surface area (TPSA) is 61.4 Å². The van der Waals surface area contributed by atoms with Crippen LogP contribution in [0.25, 0.3) is 0 Å². The van der Waals surface area contributed by atoms with Crippen LogP contribution in [0.3, 0.4) is 0 Å². The van der Waals surface area contributed by atoms with Crippen molar-refractivity contribution >= 4 is 23.2 Å². The van der Waals surface area contributed by atoms with Crippen LogP contribution in [0.5, 0.6) is 0 Å². The fraction of sp³-hybridized carbons (Fsp3) is 0.579. The molecule has 2 amide bonds. The van der Waals surface area contributed by atoms with E-state index in [1.807, 2.05) is 23.1 Å². The monoisotopic (exact) mass is 327 g/mol. The number of hydrogen-bond acceptors (Lipinski definition) is 3. The summed E-state index contributed by atoms with van der Waals surface area (Å²) in [5, 5.41) is 6.48. The molecule has 5 heteroatoms. The van der Waals surface area contributed by atoms with Crippen LogP contribution in [0.4, 0.5) is 11.4 Å². The van der Waals surface area contributed by atoms with E-state index in [-0.39, 0.29) is 23.1 Å². The first-order chi connectivity index (χ1) is 11.6. The van der Waals surface area contributed by atoms with Gasteiger partial charge in [0.05, 0.1) is 0 Å². The van der Waals surface area contributed by atoms with E-state index in [0.29, 0.717) is 0 Å². The summed E-state index contributed by atoms with van der Waals surface area (Å²) in [4.78, 5) is 26.2. The molecule has 0 bridgehead atoms. The summed E-state index contributed by atoms with van der Waals surface area (Å²) in [6.45, 7) is 4.45. The third-order valence-corrected chi connectivity index (χ3v) is 5.95. The predicted molar refractivity (Wildman–Crippen MR) is 94.1 cm³/mol. The first kappa shape index (κ1) is 15.6. The van der Waals surface area contributed by atoms with Crippen molar-refractivity contribution < 1.29 is 9.59 Å². The van der Waals surface area contributed by atoms with E-state index in [1.54, 1.807) is 6.92 Å². The quantitative estimate of drug-likeness (QED) is 0.876. The normalized spacial score (nSPS) is 24.4. The number of amides is 2. The molecule has 1 atom stereocenters. The van der Waals surface area contributed by atoms with E-state index >= 15 is 0 Å². The van der Waals surface area contributed by atoms with Crippen LogP contribution in [-0.4, -0.2) is 31.4 Å². The van der Waals surface area contributed by atoms with Crippen molar-refractivity contribution in [1.82, 2.24) is 5.32 Å². The number of carbonyl (C=O) groups is 2. The summed E-state index contributed by atoms with van der Waals surface area (Å²) in [7, 11) is 0. The van der Waals surface area contributed by atoms with E-state index in [1.165, 1.54) is 0 Å². The van der Waals surface area contributed by atoms with Gasteiger partial charge in [0.25, 0.3) is 0 Å². The van der Waals surface area contributed by atoms with Crippen molar-refractivity contribution in [2.24, 2.45) is 11.3 Å². The minimum Gasteiger partial charge on any atom is -0.326 e. The van der Waals surface area contributed by atoms with Crippen LogP contribution < -0.4 is 15.5 Å². The van der Waals surface area contributed by atoms with Gasteiger partial charge in [-0.15, -0.1) is 0 Å². The standard InChI is InChI=1S/C19H25N3O2/c1-13(23)22-10-2-3-14-11-15(4-5-17(14)22)21-18(24)16-12-19(16)6-8-20-9-7-19/h4-5,11,16,20H,2-3,6-10,12H2,1H3,(H,21,24). The molecule has 5 nitrogen and oxygen atoms in total. The fourth-order valence-corrected chi connectivity index (χ4v) is 4.43. The molecule has 3 aliphatic rings. The lowest BCUT2D eigenvalue weighted by Gasteiger charge is -2.29. The van der Waals surface area contributed by atoms with Gasteiger partial charge in [0.1, 0.15) is 0 Å². The maximum atomic E-state index is 12.6. The molecular weight excluding hydrogens is 302 g/mol. The highest BCUT2D eigenvalue weighted by Gasteiger charge is 2.57. The number of anilines is 2. The SMILES string of the molecule is CC(=O)N1CCCc2cc(NC(=O)C3CC34CCNCC4)ccc21. The molecule has 0 radical (unpaired) electrons. The zero-order valence-corrected chi connectivity index (χ0v) is 14.2. The molecule has 1 aromatic rings. The summed E-state index contributed by atoms with van der Waals surface area (Å²) < 4.78 is 0. The van der Waals surface area contributed by atoms with Crippen molar-refractivity contribution in [2.75, 3.05) is 29.9 Å². The molecule has 1 aliphatic carbocycles. The van der Waals surface area contributed by atoms with E-state index < -0.39 is 0 Å². The minimum absolute atomic E-state index is 0.0820. The Morgan fingerprint density at radius 3 is 2.83 bits per heavy atom. The molecule has 2 fully saturated rings. The van der Waals surface area contributed by atoms with E-state index in [9.17, 15) is 9.59 Å². The molecule has 1 saturated carbocycles. The van der Waals surface area contributed by atoms with Gasteiger partial charge in [0.15, 0.2) is 0 Å². The number of nitrogens with zero attached hydrogens (tertiary/aromatic N) is 1. The zero-order chi connectivity index (χ0) is 16.7. The zero-order valence-electron chi connectivity index (χ0n) is 14.2. The summed E-state index contributed by atoms with van der Waals surface area (Å²) in [5.41, 5.74) is 3.27. The average Bonchev–Trinajstić information content (AvgIpc) is 3.27. The molecule has 128 valence electrons. The number of piperidine rings is 1. The lowest BCUT2D eigenvalue weighted by atomic mass is 9.91. The maximum Gasteiger partial charge on any atom is 0.228 e. The van der Waals surface area contributed by atoms with Gasteiger partial charge in [-0.25, -0.2) is 0 Å². The number of rotatable bonds is 2. The van der Waals surface area contributed by atoms with Crippen LogP contribution >= 0.6 is 0 Å². The number of benzene rings is 1. The molecule has 2 heterocycles. The number of aryl methyl sites for hydroxylation is 1. The molecule has 1 spiro atoms. The Morgan fingerprint density at radius 1 is 1.29 bits per heavy atom. The molecule has 4 rings (SSSR count). The van der Waals surface area contributed by atoms with E-state index in [4.69, 9.17) is 0 Å². The highest BCUT2D eigenvalue weighted by molar-refractivity contribution is 5.96. The van der Waals surface area contributed by atoms with Gasteiger partial charge in [-0.05, 0) is 74.4 Å². The first-order valence-electron chi connectivity index (χ1n) is 9.02. The lowest BCUT2D eigenvalue weighted by molar-refractivity contribution is -0.118. The Morgan fingerprint density at radius 2 is 2.08 bits per heavy atom. The summed E-state index contributed by atoms with van der Waals surface area (Å²) in [6, 6.07) is 5.94. The van der Waals surface area contributed by atoms with Crippen LogP contribution in [0, 0.1) is 11.3 Å². The van der Waals surface area contributed by atoms with Gasteiger partial charge in [-0.3, -0.25) is 9.59 Å². The largest absolute Gasteiger partial charge is 0.326 e. The van der Waals surface area contributed by atoms with Crippen molar-refractivity contribution in [2.45, 2.75) is 39.0 Å². The maximum absolute atomic E-state index is 12.6. The number of fused-ring (bicyclic) bond motifs is 1. The van der Waals surface area contributed by atoms with Crippen molar-refractivity contribution in [3.8, 4) is 0 Å². The average molecular weight is 327 g/mol. The molecule has 1 aromatic carbocycles. The van der Waals surface area contributed by atoms with E-state index in [2.05, 4.69) is 10.6 Å². The summed E-state index contributed by atoms with van der Waals surface area (Å²) in [6.07, 6.45) is 5.19. The Balaban J connectivity index is 1.46. The fourth-order valence-electron chi connectivity index (χ4n) is 4.43. The number of carbonyl (C=O) groups excluding carboxylic acids is 2. The third kappa shape index (κ3) is 2.71. The third-order valence-electron chi connectivity index (χ3n) is 5.95. The van der Waals surface area contributed by atoms with Crippen molar-refractivity contribution in [1.29, 1.82) is 0 Å². The highest BCUT2D eigenvalue weighted by atomic mass is 16.2. The van der Waals surface area contributed by atoms with Crippen LogP contribution in [0.1, 0.15) is 38.2 Å². The van der Waals surface area contributed by atoms with Gasteiger partial charge >= 0.3 is 0 Å². The summed E-state index contributed by atoms with van der Waals surface area (Å²) >= 11 is 0. The Hall–Kier alpha value is -1.88.